The Labute approximate surface area is 159 Å². The summed E-state index contributed by atoms with van der Waals surface area (Å²) in [7, 11) is 0. The molecule has 1 heterocycles. The van der Waals surface area contributed by atoms with Gasteiger partial charge in [0.25, 0.3) is 0 Å². The monoisotopic (exact) mass is 388 g/mol. The molecular weight excluding hydrogens is 371 g/mol. The summed E-state index contributed by atoms with van der Waals surface area (Å²) in [5.41, 5.74) is 1.84. The molecular formula is C17H17NO4Y. The number of aromatic nitrogens is 1. The molecule has 1 aromatic heterocycles. The second kappa shape index (κ2) is 7.91. The van der Waals surface area contributed by atoms with E-state index in [9.17, 15) is 4.79 Å². The number of fused-ring (bicyclic) bond motifs is 3. The van der Waals surface area contributed by atoms with E-state index in [0.29, 0.717) is 12.4 Å². The Morgan fingerprint density at radius 1 is 1.13 bits per heavy atom. The Hall–Kier alpha value is -1.43. The zero-order chi connectivity index (χ0) is 15.5. The van der Waals surface area contributed by atoms with Crippen LogP contribution in [0.15, 0.2) is 42.5 Å². The molecule has 23 heavy (non-hydrogen) atoms. The number of para-hydroxylation sites is 1. The number of carbonyl (C=O) groups is 1. The Balaban J connectivity index is 0.00000192. The van der Waals surface area contributed by atoms with Crippen LogP contribution in [0.25, 0.3) is 21.8 Å². The van der Waals surface area contributed by atoms with Gasteiger partial charge >= 0.3 is 5.97 Å². The minimum Gasteiger partial charge on any atom is -0.468 e. The van der Waals surface area contributed by atoms with Crippen molar-refractivity contribution in [3.63, 3.8) is 0 Å². The van der Waals surface area contributed by atoms with E-state index in [2.05, 4.69) is 0 Å². The number of hydrogen-bond acceptors (Lipinski definition) is 4. The Morgan fingerprint density at radius 2 is 1.87 bits per heavy atom. The van der Waals surface area contributed by atoms with Gasteiger partial charge in [-0.25, -0.2) is 0 Å². The first-order valence-corrected chi connectivity index (χ1v) is 7.15. The van der Waals surface area contributed by atoms with E-state index >= 15 is 0 Å². The fourth-order valence-electron chi connectivity index (χ4n) is 2.70. The van der Waals surface area contributed by atoms with Crippen molar-refractivity contribution in [3.8, 4) is 5.75 Å². The normalized spacial score (nSPS) is 10.5. The van der Waals surface area contributed by atoms with Crippen molar-refractivity contribution < 1.29 is 52.1 Å². The van der Waals surface area contributed by atoms with Crippen LogP contribution in [0.4, 0.5) is 0 Å². The number of ether oxygens (including phenoxy) is 2. The average molecular weight is 388 g/mol. The first-order valence-electron chi connectivity index (χ1n) is 7.15. The topological polar surface area (TPSA) is 60.7 Å². The summed E-state index contributed by atoms with van der Waals surface area (Å²) in [4.78, 5) is 11.9. The number of carbonyl (C=O) groups excluding carboxylic acids is 1. The molecule has 3 rings (SSSR count). The molecule has 3 aromatic rings. The molecule has 117 valence electrons. The number of benzene rings is 2. The molecule has 2 aromatic carbocycles. The van der Waals surface area contributed by atoms with Crippen molar-refractivity contribution in [1.29, 1.82) is 0 Å². The molecule has 1 N–H and O–H groups in total. The van der Waals surface area contributed by atoms with Crippen LogP contribution in [-0.4, -0.2) is 29.0 Å². The van der Waals surface area contributed by atoms with Crippen molar-refractivity contribution in [2.75, 3.05) is 13.4 Å². The number of aliphatic hydroxyl groups excluding tert-OH is 1. The van der Waals surface area contributed by atoms with Gasteiger partial charge in [0.2, 0.25) is 0 Å². The third-order valence-corrected chi connectivity index (χ3v) is 3.57. The van der Waals surface area contributed by atoms with Crippen LogP contribution in [0, 0.1) is 0 Å². The van der Waals surface area contributed by atoms with E-state index in [-0.39, 0.29) is 52.0 Å². The van der Waals surface area contributed by atoms with Gasteiger partial charge < -0.3 is 19.1 Å². The van der Waals surface area contributed by atoms with Gasteiger partial charge in [-0.2, -0.15) is 0 Å². The van der Waals surface area contributed by atoms with E-state index < -0.39 is 0 Å². The maximum absolute atomic E-state index is 11.9. The number of esters is 1. The molecule has 0 aliphatic heterocycles. The van der Waals surface area contributed by atoms with Gasteiger partial charge in [-0.3, -0.25) is 4.79 Å². The van der Waals surface area contributed by atoms with E-state index in [1.807, 2.05) is 41.0 Å². The van der Waals surface area contributed by atoms with Crippen LogP contribution < -0.4 is 4.74 Å². The predicted octanol–water partition coefficient (Wildman–Crippen LogP) is 2.68. The molecule has 0 aliphatic rings. The van der Waals surface area contributed by atoms with Gasteiger partial charge in [-0.1, -0.05) is 18.2 Å². The van der Waals surface area contributed by atoms with E-state index in [1.165, 1.54) is 0 Å². The molecule has 0 aliphatic carbocycles. The van der Waals surface area contributed by atoms with Gasteiger partial charge in [0.05, 0.1) is 12.1 Å². The molecule has 0 unspecified atom stereocenters. The van der Waals surface area contributed by atoms with Gasteiger partial charge in [-0.05, 0) is 25.1 Å². The number of aliphatic hydroxyl groups is 1. The van der Waals surface area contributed by atoms with Crippen LogP contribution in [0.5, 0.6) is 5.75 Å². The SMILES string of the molecule is CCOC(=O)Cn1c2ccccc2c2ccc(OCO)cc21.[Y]. The first-order chi connectivity index (χ1) is 10.7. The summed E-state index contributed by atoms with van der Waals surface area (Å²) >= 11 is 0. The van der Waals surface area contributed by atoms with E-state index in [1.54, 1.807) is 13.0 Å². The zero-order valence-corrected chi connectivity index (χ0v) is 15.7. The van der Waals surface area contributed by atoms with E-state index in [4.69, 9.17) is 14.6 Å². The summed E-state index contributed by atoms with van der Waals surface area (Å²) in [6.45, 7) is 1.90. The standard InChI is InChI=1S/C17H17NO4.Y/c1-2-21-17(20)10-18-15-6-4-3-5-13(15)14-8-7-12(22-11-19)9-16(14)18;/h3-9,19H,2,10-11H2,1H3;. The summed E-state index contributed by atoms with van der Waals surface area (Å²) in [5.74, 6) is 0.279. The molecule has 0 saturated carbocycles. The second-order valence-electron chi connectivity index (χ2n) is 4.86. The van der Waals surface area contributed by atoms with Gasteiger partial charge in [0.15, 0.2) is 6.79 Å². The van der Waals surface area contributed by atoms with Crippen LogP contribution in [0.3, 0.4) is 0 Å². The number of hydrogen-bond donors (Lipinski definition) is 1. The number of rotatable bonds is 5. The predicted molar refractivity (Wildman–Crippen MR) is 83.8 cm³/mol. The third-order valence-electron chi connectivity index (χ3n) is 3.57. The minimum atomic E-state index is -0.385. The Morgan fingerprint density at radius 3 is 2.61 bits per heavy atom. The first kappa shape index (κ1) is 17.9. The van der Waals surface area contributed by atoms with Gasteiger partial charge in [-0.15, -0.1) is 0 Å². The van der Waals surface area contributed by atoms with Crippen molar-refractivity contribution in [2.45, 2.75) is 13.5 Å². The fourth-order valence-corrected chi connectivity index (χ4v) is 2.70. The van der Waals surface area contributed by atoms with Crippen LogP contribution in [0.2, 0.25) is 0 Å². The van der Waals surface area contributed by atoms with Crippen molar-refractivity contribution >= 4 is 27.8 Å². The van der Waals surface area contributed by atoms with Crippen molar-refractivity contribution in [1.82, 2.24) is 4.57 Å². The van der Waals surface area contributed by atoms with Gasteiger partial charge in [0.1, 0.15) is 12.3 Å². The molecule has 0 fully saturated rings. The Bertz CT molecular complexity index is 828. The van der Waals surface area contributed by atoms with E-state index in [0.717, 1.165) is 21.8 Å². The molecule has 0 saturated heterocycles. The quantitative estimate of drug-likeness (QED) is 0.540. The number of nitrogens with zero attached hydrogens (tertiary/aromatic N) is 1. The van der Waals surface area contributed by atoms with Gasteiger partial charge in [0, 0.05) is 55.1 Å². The molecule has 0 amide bonds. The average Bonchev–Trinajstić information content (AvgIpc) is 2.82. The second-order valence-corrected chi connectivity index (χ2v) is 4.86. The fraction of sp³-hybridized carbons (Fsp3) is 0.235. The molecule has 0 atom stereocenters. The summed E-state index contributed by atoms with van der Waals surface area (Å²) < 4.78 is 12.1. The third kappa shape index (κ3) is 3.57. The largest absolute Gasteiger partial charge is 0.468 e. The molecule has 0 spiro atoms. The van der Waals surface area contributed by atoms with Crippen molar-refractivity contribution in [2.24, 2.45) is 0 Å². The maximum Gasteiger partial charge on any atom is 0.325 e. The smallest absolute Gasteiger partial charge is 0.325 e. The summed E-state index contributed by atoms with van der Waals surface area (Å²) in [5, 5.41) is 11.0. The Kier molecular flexibility index (Phi) is 6.16. The molecule has 1 radical (unpaired) electrons. The summed E-state index contributed by atoms with van der Waals surface area (Å²) in [6, 6.07) is 13.5. The molecule has 0 bridgehead atoms. The molecule has 5 nitrogen and oxygen atoms in total. The van der Waals surface area contributed by atoms with Crippen LogP contribution in [0.1, 0.15) is 6.92 Å². The summed E-state index contributed by atoms with van der Waals surface area (Å²) in [6.07, 6.45) is 0. The van der Waals surface area contributed by atoms with Crippen LogP contribution >= 0.6 is 0 Å². The van der Waals surface area contributed by atoms with Crippen molar-refractivity contribution in [3.05, 3.63) is 42.5 Å². The van der Waals surface area contributed by atoms with Crippen LogP contribution in [-0.2, 0) is 48.8 Å². The molecule has 6 heteroatoms. The zero-order valence-electron chi connectivity index (χ0n) is 12.9. The minimum absolute atomic E-state index is 0. The maximum atomic E-state index is 11.9.